The number of rotatable bonds is 5. The summed E-state index contributed by atoms with van der Waals surface area (Å²) in [4.78, 5) is 2.80. The van der Waals surface area contributed by atoms with E-state index in [9.17, 15) is 13.2 Å². The molecule has 0 N–H and O–H groups in total. The number of hydrogen-bond acceptors (Lipinski definition) is 2. The zero-order chi connectivity index (χ0) is 13.1. The molecule has 0 amide bonds. The van der Waals surface area contributed by atoms with Gasteiger partial charge >= 0.3 is 6.18 Å². The predicted molar refractivity (Wildman–Crippen MR) is 66.5 cm³/mol. The van der Waals surface area contributed by atoms with Crippen LogP contribution in [0, 0.1) is 0 Å². The first kappa shape index (κ1) is 15.2. The van der Waals surface area contributed by atoms with Gasteiger partial charge in [0, 0.05) is 19.1 Å². The van der Waals surface area contributed by atoms with Crippen molar-refractivity contribution in [2.45, 2.75) is 37.3 Å². The van der Waals surface area contributed by atoms with Gasteiger partial charge in [0.2, 0.25) is 0 Å². The van der Waals surface area contributed by atoms with Crippen molar-refractivity contribution in [3.8, 4) is 0 Å². The summed E-state index contributed by atoms with van der Waals surface area (Å²) in [6.45, 7) is 7.68. The van der Waals surface area contributed by atoms with E-state index in [0.29, 0.717) is 6.04 Å². The van der Waals surface area contributed by atoms with E-state index in [1.165, 1.54) is 0 Å². The SMILES string of the molecule is CCN(CC)C1CCN(CC(Br)C(F)(F)F)C1. The fourth-order valence-electron chi connectivity index (χ4n) is 2.35. The maximum atomic E-state index is 12.4. The van der Waals surface area contributed by atoms with Crippen molar-refractivity contribution in [2.24, 2.45) is 0 Å². The molecule has 6 heteroatoms. The summed E-state index contributed by atoms with van der Waals surface area (Å²) in [5.41, 5.74) is 0. The highest BCUT2D eigenvalue weighted by Crippen LogP contribution is 2.28. The van der Waals surface area contributed by atoms with Crippen molar-refractivity contribution in [1.29, 1.82) is 0 Å². The zero-order valence-corrected chi connectivity index (χ0v) is 11.9. The van der Waals surface area contributed by atoms with Crippen molar-refractivity contribution in [3.05, 3.63) is 0 Å². The van der Waals surface area contributed by atoms with Crippen LogP contribution in [0.3, 0.4) is 0 Å². The molecule has 0 aromatic carbocycles. The first-order valence-corrected chi connectivity index (χ1v) is 6.97. The lowest BCUT2D eigenvalue weighted by atomic mass is 10.2. The highest BCUT2D eigenvalue weighted by molar-refractivity contribution is 9.09. The number of likely N-dealkylation sites (N-methyl/N-ethyl adjacent to an activating group) is 1. The molecule has 1 aliphatic heterocycles. The lowest BCUT2D eigenvalue weighted by molar-refractivity contribution is -0.130. The molecule has 102 valence electrons. The van der Waals surface area contributed by atoms with Gasteiger partial charge in [-0.3, -0.25) is 4.90 Å². The average molecular weight is 317 g/mol. The van der Waals surface area contributed by atoms with E-state index in [2.05, 4.69) is 34.7 Å². The van der Waals surface area contributed by atoms with E-state index in [0.717, 1.165) is 32.6 Å². The van der Waals surface area contributed by atoms with Crippen LogP contribution in [0.5, 0.6) is 0 Å². The normalized spacial score (nSPS) is 24.5. The first-order valence-electron chi connectivity index (χ1n) is 6.05. The Morgan fingerprint density at radius 3 is 2.41 bits per heavy atom. The number of likely N-dealkylation sites (tertiary alicyclic amines) is 1. The summed E-state index contributed by atoms with van der Waals surface area (Å²) in [6, 6.07) is 0.415. The Bertz CT molecular complexity index is 231. The van der Waals surface area contributed by atoms with Crippen LogP contribution in [0.2, 0.25) is 0 Å². The second kappa shape index (κ2) is 6.38. The van der Waals surface area contributed by atoms with E-state index < -0.39 is 11.0 Å². The third-order valence-corrected chi connectivity index (χ3v) is 4.16. The summed E-state index contributed by atoms with van der Waals surface area (Å²) in [5, 5.41) is 0. The number of alkyl halides is 4. The van der Waals surface area contributed by atoms with Crippen molar-refractivity contribution in [3.63, 3.8) is 0 Å². The molecule has 1 saturated heterocycles. The van der Waals surface area contributed by atoms with Crippen LogP contribution in [-0.4, -0.2) is 59.6 Å². The summed E-state index contributed by atoms with van der Waals surface area (Å²) in [6.07, 6.45) is -3.17. The Labute approximate surface area is 109 Å². The summed E-state index contributed by atoms with van der Waals surface area (Å²) >= 11 is 2.72. The zero-order valence-electron chi connectivity index (χ0n) is 10.3. The number of hydrogen-bond donors (Lipinski definition) is 0. The lowest BCUT2D eigenvalue weighted by Crippen LogP contribution is -2.40. The molecule has 0 saturated carbocycles. The van der Waals surface area contributed by atoms with E-state index in [4.69, 9.17) is 0 Å². The van der Waals surface area contributed by atoms with Gasteiger partial charge in [0.05, 0.1) is 0 Å². The monoisotopic (exact) mass is 316 g/mol. The molecular formula is C11H20BrF3N2. The molecular weight excluding hydrogens is 297 g/mol. The van der Waals surface area contributed by atoms with Crippen LogP contribution >= 0.6 is 15.9 Å². The van der Waals surface area contributed by atoms with E-state index in [-0.39, 0.29) is 6.54 Å². The third-order valence-electron chi connectivity index (χ3n) is 3.35. The third kappa shape index (κ3) is 4.41. The van der Waals surface area contributed by atoms with Crippen molar-refractivity contribution < 1.29 is 13.2 Å². The van der Waals surface area contributed by atoms with Gasteiger partial charge in [-0.2, -0.15) is 13.2 Å². The van der Waals surface area contributed by atoms with Crippen molar-refractivity contribution in [1.82, 2.24) is 9.80 Å². The van der Waals surface area contributed by atoms with Gasteiger partial charge in [0.15, 0.2) is 0 Å². The number of nitrogens with zero attached hydrogens (tertiary/aromatic N) is 2. The molecule has 0 spiro atoms. The van der Waals surface area contributed by atoms with E-state index in [1.807, 2.05) is 4.90 Å². The average Bonchev–Trinajstić information content (AvgIpc) is 2.67. The summed E-state index contributed by atoms with van der Waals surface area (Å²) in [5.74, 6) is 0. The standard InChI is InChI=1S/C11H20BrF3N2/c1-3-17(4-2)9-5-6-16(7-9)8-10(12)11(13,14)15/h9-10H,3-8H2,1-2H3. The Hall–Kier alpha value is 0.190. The molecule has 1 fully saturated rings. The minimum atomic E-state index is -4.15. The maximum absolute atomic E-state index is 12.4. The molecule has 1 rings (SSSR count). The molecule has 2 atom stereocenters. The molecule has 1 aliphatic rings. The Morgan fingerprint density at radius 1 is 1.35 bits per heavy atom. The fraction of sp³-hybridized carbons (Fsp3) is 1.00. The minimum Gasteiger partial charge on any atom is -0.300 e. The van der Waals surface area contributed by atoms with Gasteiger partial charge in [-0.15, -0.1) is 0 Å². The van der Waals surface area contributed by atoms with Gasteiger partial charge in [0.25, 0.3) is 0 Å². The van der Waals surface area contributed by atoms with E-state index in [1.54, 1.807) is 0 Å². The molecule has 0 aromatic heterocycles. The summed E-state index contributed by atoms with van der Waals surface area (Å²) < 4.78 is 37.2. The number of halogens is 4. The Balaban J connectivity index is 2.40. The smallest absolute Gasteiger partial charge is 0.300 e. The summed E-state index contributed by atoms with van der Waals surface area (Å²) in [7, 11) is 0. The van der Waals surface area contributed by atoms with Gasteiger partial charge in [0.1, 0.15) is 4.83 Å². The Morgan fingerprint density at radius 2 is 1.94 bits per heavy atom. The van der Waals surface area contributed by atoms with Crippen LogP contribution in [0.15, 0.2) is 0 Å². The van der Waals surface area contributed by atoms with Gasteiger partial charge < -0.3 is 4.90 Å². The van der Waals surface area contributed by atoms with Crippen LogP contribution in [0.25, 0.3) is 0 Å². The van der Waals surface area contributed by atoms with Gasteiger partial charge in [-0.1, -0.05) is 29.8 Å². The van der Waals surface area contributed by atoms with Crippen LogP contribution in [0.1, 0.15) is 20.3 Å². The van der Waals surface area contributed by atoms with Gasteiger partial charge in [-0.05, 0) is 26.1 Å². The maximum Gasteiger partial charge on any atom is 0.402 e. The minimum absolute atomic E-state index is 0.0568. The van der Waals surface area contributed by atoms with E-state index >= 15 is 0 Å². The predicted octanol–water partition coefficient (Wildman–Crippen LogP) is 2.73. The van der Waals surface area contributed by atoms with Crippen LogP contribution in [0.4, 0.5) is 13.2 Å². The topological polar surface area (TPSA) is 6.48 Å². The highest BCUT2D eigenvalue weighted by atomic mass is 79.9. The molecule has 0 aromatic rings. The molecule has 0 radical (unpaired) electrons. The molecule has 2 nitrogen and oxygen atoms in total. The Kier molecular flexibility index (Phi) is 5.73. The molecule has 17 heavy (non-hydrogen) atoms. The molecule has 0 bridgehead atoms. The fourth-order valence-corrected chi connectivity index (χ4v) is 2.76. The second-order valence-electron chi connectivity index (χ2n) is 4.43. The molecule has 0 aliphatic carbocycles. The largest absolute Gasteiger partial charge is 0.402 e. The second-order valence-corrected chi connectivity index (χ2v) is 5.54. The van der Waals surface area contributed by atoms with Crippen molar-refractivity contribution in [2.75, 3.05) is 32.7 Å². The van der Waals surface area contributed by atoms with Crippen LogP contribution in [-0.2, 0) is 0 Å². The highest BCUT2D eigenvalue weighted by Gasteiger charge is 2.40. The van der Waals surface area contributed by atoms with Crippen molar-refractivity contribution >= 4 is 15.9 Å². The molecule has 1 heterocycles. The lowest BCUT2D eigenvalue weighted by Gasteiger charge is -2.27. The molecule has 2 unspecified atom stereocenters. The van der Waals surface area contributed by atoms with Crippen LogP contribution < -0.4 is 0 Å². The quantitative estimate of drug-likeness (QED) is 0.720. The van der Waals surface area contributed by atoms with Gasteiger partial charge in [-0.25, -0.2) is 0 Å². The first-order chi connectivity index (χ1) is 7.88.